The quantitative estimate of drug-likeness (QED) is 0.252. The molecule has 0 rings (SSSR count). The SMILES string of the molecule is C=CCNC(=S)N/C=C(\C#N)C(N)=O. The van der Waals surface area contributed by atoms with Crippen LogP contribution in [0.15, 0.2) is 24.4 Å². The molecule has 0 radical (unpaired) electrons. The first kappa shape index (κ1) is 12.1. The van der Waals surface area contributed by atoms with E-state index < -0.39 is 5.91 Å². The molecule has 0 aromatic heterocycles. The van der Waals surface area contributed by atoms with Gasteiger partial charge in [-0.3, -0.25) is 4.79 Å². The minimum absolute atomic E-state index is 0.187. The smallest absolute Gasteiger partial charge is 0.260 e. The number of nitriles is 1. The van der Waals surface area contributed by atoms with Crippen molar-refractivity contribution in [3.8, 4) is 6.07 Å². The molecular weight excluding hydrogens is 200 g/mol. The second-order valence-corrected chi connectivity index (χ2v) is 2.59. The normalized spacial score (nSPS) is 9.79. The zero-order valence-electron chi connectivity index (χ0n) is 7.41. The fraction of sp³-hybridized carbons (Fsp3) is 0.125. The molecule has 0 aromatic carbocycles. The number of nitrogens with zero attached hydrogens (tertiary/aromatic N) is 1. The van der Waals surface area contributed by atoms with Crippen LogP contribution in [0.25, 0.3) is 0 Å². The first-order valence-electron chi connectivity index (χ1n) is 3.67. The third-order valence-corrected chi connectivity index (χ3v) is 1.40. The van der Waals surface area contributed by atoms with Crippen molar-refractivity contribution < 1.29 is 4.79 Å². The number of amides is 1. The van der Waals surface area contributed by atoms with E-state index in [-0.39, 0.29) is 5.57 Å². The molecule has 0 saturated heterocycles. The van der Waals surface area contributed by atoms with Crippen LogP contribution in [0.3, 0.4) is 0 Å². The Bertz CT molecular complexity index is 316. The van der Waals surface area contributed by atoms with Crippen molar-refractivity contribution in [3.05, 3.63) is 24.4 Å². The Labute approximate surface area is 87.3 Å². The Hall–Kier alpha value is -1.87. The van der Waals surface area contributed by atoms with Crippen molar-refractivity contribution in [1.29, 1.82) is 5.26 Å². The first-order chi connectivity index (χ1) is 6.61. The number of hydrogen-bond acceptors (Lipinski definition) is 3. The molecule has 0 bridgehead atoms. The number of thiocarbonyl (C=S) groups is 1. The molecule has 0 atom stereocenters. The minimum atomic E-state index is -0.800. The van der Waals surface area contributed by atoms with Gasteiger partial charge < -0.3 is 16.4 Å². The predicted octanol–water partition coefficient (Wildman–Crippen LogP) is -0.471. The summed E-state index contributed by atoms with van der Waals surface area (Å²) in [4.78, 5) is 10.6. The lowest BCUT2D eigenvalue weighted by Crippen LogP contribution is -2.32. The maximum atomic E-state index is 10.6. The second-order valence-electron chi connectivity index (χ2n) is 2.18. The van der Waals surface area contributed by atoms with Crippen molar-refractivity contribution in [3.63, 3.8) is 0 Å². The molecule has 0 spiro atoms. The van der Waals surface area contributed by atoms with E-state index in [0.717, 1.165) is 6.20 Å². The van der Waals surface area contributed by atoms with E-state index in [1.807, 2.05) is 0 Å². The molecule has 0 aromatic rings. The molecule has 5 nitrogen and oxygen atoms in total. The lowest BCUT2D eigenvalue weighted by molar-refractivity contribution is -0.114. The highest BCUT2D eigenvalue weighted by molar-refractivity contribution is 7.80. The Morgan fingerprint density at radius 1 is 1.71 bits per heavy atom. The summed E-state index contributed by atoms with van der Waals surface area (Å²) in [6.45, 7) is 3.98. The van der Waals surface area contributed by atoms with Gasteiger partial charge in [-0.2, -0.15) is 5.26 Å². The Morgan fingerprint density at radius 2 is 2.36 bits per heavy atom. The average molecular weight is 210 g/mol. The molecule has 1 amide bonds. The van der Waals surface area contributed by atoms with Gasteiger partial charge in [-0.15, -0.1) is 6.58 Å². The van der Waals surface area contributed by atoms with Crippen molar-refractivity contribution >= 4 is 23.2 Å². The Balaban J connectivity index is 4.14. The van der Waals surface area contributed by atoms with Crippen LogP contribution >= 0.6 is 12.2 Å². The van der Waals surface area contributed by atoms with Gasteiger partial charge in [0.1, 0.15) is 11.6 Å². The summed E-state index contributed by atoms with van der Waals surface area (Å²) < 4.78 is 0. The van der Waals surface area contributed by atoms with Gasteiger partial charge in [0, 0.05) is 12.7 Å². The Kier molecular flexibility index (Phi) is 5.74. The topological polar surface area (TPSA) is 90.9 Å². The molecule has 0 heterocycles. The predicted molar refractivity (Wildman–Crippen MR) is 56.8 cm³/mol. The molecule has 14 heavy (non-hydrogen) atoms. The largest absolute Gasteiger partial charge is 0.365 e. The number of nitrogens with one attached hydrogen (secondary N) is 2. The molecule has 6 heteroatoms. The summed E-state index contributed by atoms with van der Waals surface area (Å²) in [6.07, 6.45) is 2.78. The summed E-state index contributed by atoms with van der Waals surface area (Å²) in [5.41, 5.74) is 4.70. The number of carbonyl (C=O) groups excluding carboxylic acids is 1. The molecule has 0 unspecified atom stereocenters. The van der Waals surface area contributed by atoms with E-state index in [1.54, 1.807) is 12.1 Å². The third-order valence-electron chi connectivity index (χ3n) is 1.14. The number of hydrogen-bond donors (Lipinski definition) is 3. The van der Waals surface area contributed by atoms with Crippen molar-refractivity contribution in [2.75, 3.05) is 6.54 Å². The zero-order valence-corrected chi connectivity index (χ0v) is 8.23. The lowest BCUT2D eigenvalue weighted by atomic mass is 10.3. The van der Waals surface area contributed by atoms with E-state index in [0.29, 0.717) is 11.7 Å². The maximum absolute atomic E-state index is 10.6. The van der Waals surface area contributed by atoms with E-state index >= 15 is 0 Å². The van der Waals surface area contributed by atoms with Crippen molar-refractivity contribution in [2.45, 2.75) is 0 Å². The molecule has 0 fully saturated rings. The Morgan fingerprint density at radius 3 is 2.79 bits per heavy atom. The highest BCUT2D eigenvalue weighted by atomic mass is 32.1. The van der Waals surface area contributed by atoms with Crippen molar-refractivity contribution in [2.24, 2.45) is 5.73 Å². The highest BCUT2D eigenvalue weighted by Crippen LogP contribution is 1.86. The van der Waals surface area contributed by atoms with E-state index in [4.69, 9.17) is 23.2 Å². The monoisotopic (exact) mass is 210 g/mol. The minimum Gasteiger partial charge on any atom is -0.365 e. The second kappa shape index (κ2) is 6.62. The summed E-state index contributed by atoms with van der Waals surface area (Å²) in [7, 11) is 0. The number of carbonyl (C=O) groups is 1. The van der Waals surface area contributed by atoms with Gasteiger partial charge in [-0.1, -0.05) is 6.08 Å². The lowest BCUT2D eigenvalue weighted by Gasteiger charge is -2.03. The van der Waals surface area contributed by atoms with Crippen LogP contribution in [-0.2, 0) is 4.79 Å². The first-order valence-corrected chi connectivity index (χ1v) is 4.08. The van der Waals surface area contributed by atoms with Crippen LogP contribution in [0.4, 0.5) is 0 Å². The summed E-state index contributed by atoms with van der Waals surface area (Å²) in [6, 6.07) is 1.63. The van der Waals surface area contributed by atoms with E-state index in [2.05, 4.69) is 17.2 Å². The summed E-state index contributed by atoms with van der Waals surface area (Å²) >= 11 is 4.80. The van der Waals surface area contributed by atoms with Crippen LogP contribution in [-0.4, -0.2) is 17.6 Å². The molecule has 4 N–H and O–H groups in total. The molecule has 0 aliphatic heterocycles. The summed E-state index contributed by atoms with van der Waals surface area (Å²) in [5, 5.41) is 14.0. The molecule has 0 aliphatic rings. The van der Waals surface area contributed by atoms with Crippen LogP contribution in [0, 0.1) is 11.3 Å². The molecule has 74 valence electrons. The molecule has 0 saturated carbocycles. The zero-order chi connectivity index (χ0) is 11.0. The van der Waals surface area contributed by atoms with Crippen LogP contribution in [0.2, 0.25) is 0 Å². The van der Waals surface area contributed by atoms with Gasteiger partial charge in [0.15, 0.2) is 5.11 Å². The summed E-state index contributed by atoms with van der Waals surface area (Å²) in [5.74, 6) is -0.800. The fourth-order valence-electron chi connectivity index (χ4n) is 0.512. The van der Waals surface area contributed by atoms with Crippen LogP contribution < -0.4 is 16.4 Å². The van der Waals surface area contributed by atoms with Crippen LogP contribution in [0.1, 0.15) is 0 Å². The molecular formula is C8H10N4OS. The van der Waals surface area contributed by atoms with E-state index in [9.17, 15) is 4.79 Å². The molecule has 0 aliphatic carbocycles. The van der Waals surface area contributed by atoms with Crippen molar-refractivity contribution in [1.82, 2.24) is 10.6 Å². The van der Waals surface area contributed by atoms with Gasteiger partial charge in [-0.25, -0.2) is 0 Å². The maximum Gasteiger partial charge on any atom is 0.260 e. The highest BCUT2D eigenvalue weighted by Gasteiger charge is 2.02. The third kappa shape index (κ3) is 4.90. The average Bonchev–Trinajstić information content (AvgIpc) is 2.15. The van der Waals surface area contributed by atoms with Gasteiger partial charge in [0.25, 0.3) is 5.91 Å². The number of rotatable bonds is 4. The van der Waals surface area contributed by atoms with E-state index in [1.165, 1.54) is 0 Å². The number of primary amides is 1. The fourth-order valence-corrected chi connectivity index (χ4v) is 0.654. The van der Waals surface area contributed by atoms with Gasteiger partial charge >= 0.3 is 0 Å². The van der Waals surface area contributed by atoms with Gasteiger partial charge in [-0.05, 0) is 12.2 Å². The number of nitrogens with two attached hydrogens (primary N) is 1. The van der Waals surface area contributed by atoms with Crippen LogP contribution in [0.5, 0.6) is 0 Å². The standard InChI is InChI=1S/C8H10N4OS/c1-2-3-11-8(14)12-5-6(4-9)7(10)13/h2,5H,1,3H2,(H2,10,13)(H2,11,12,14)/b6-5+. The van der Waals surface area contributed by atoms with Gasteiger partial charge in [0.2, 0.25) is 0 Å². The van der Waals surface area contributed by atoms with Gasteiger partial charge in [0.05, 0.1) is 0 Å².